The predicted molar refractivity (Wildman–Crippen MR) is 118 cm³/mol. The first kappa shape index (κ1) is 19.7. The van der Waals surface area contributed by atoms with E-state index in [0.717, 1.165) is 22.3 Å². The highest BCUT2D eigenvalue weighted by molar-refractivity contribution is 6.30. The Hall–Kier alpha value is -3.65. The minimum absolute atomic E-state index is 0.0144. The standard InChI is InChI=1S/C21H20ClN7O/c1-2-17(30)23-11-13-5-3-7-15(9-13)27-21-18-19(24-12-25-20(18)28-29-21)26-16-8-4-6-14(22)10-16/h3-10,12H,2,11H2,1H3,(H,23,30)(H3,24,25,26,27,28,29). The van der Waals surface area contributed by atoms with Crippen molar-refractivity contribution < 1.29 is 4.79 Å². The van der Waals surface area contributed by atoms with E-state index in [1.165, 1.54) is 6.33 Å². The molecule has 0 radical (unpaired) electrons. The van der Waals surface area contributed by atoms with Crippen LogP contribution in [-0.4, -0.2) is 26.1 Å². The number of H-pyrrole nitrogens is 1. The molecule has 9 heteroatoms. The van der Waals surface area contributed by atoms with Gasteiger partial charge in [-0.2, -0.15) is 5.10 Å². The molecule has 0 saturated heterocycles. The second kappa shape index (κ2) is 8.79. The van der Waals surface area contributed by atoms with E-state index in [-0.39, 0.29) is 5.91 Å². The van der Waals surface area contributed by atoms with Crippen LogP contribution in [0.1, 0.15) is 18.9 Å². The molecule has 4 aromatic rings. The number of hydrogen-bond acceptors (Lipinski definition) is 6. The van der Waals surface area contributed by atoms with Crippen LogP contribution in [0.4, 0.5) is 23.0 Å². The largest absolute Gasteiger partial charge is 0.352 e. The quantitative estimate of drug-likeness (QED) is 0.349. The van der Waals surface area contributed by atoms with Gasteiger partial charge in [0.25, 0.3) is 0 Å². The highest BCUT2D eigenvalue weighted by Crippen LogP contribution is 2.30. The highest BCUT2D eigenvalue weighted by Gasteiger charge is 2.14. The van der Waals surface area contributed by atoms with Crippen molar-refractivity contribution in [3.63, 3.8) is 0 Å². The van der Waals surface area contributed by atoms with E-state index in [9.17, 15) is 4.79 Å². The summed E-state index contributed by atoms with van der Waals surface area (Å²) in [5.74, 6) is 1.20. The maximum absolute atomic E-state index is 11.5. The van der Waals surface area contributed by atoms with Gasteiger partial charge in [-0.3, -0.25) is 9.89 Å². The van der Waals surface area contributed by atoms with Gasteiger partial charge in [0.1, 0.15) is 17.5 Å². The Kier molecular flexibility index (Phi) is 5.76. The van der Waals surface area contributed by atoms with E-state index in [2.05, 4.69) is 36.1 Å². The molecule has 4 rings (SSSR count). The summed E-state index contributed by atoms with van der Waals surface area (Å²) in [6.45, 7) is 2.29. The average molecular weight is 422 g/mol. The van der Waals surface area contributed by atoms with Crippen molar-refractivity contribution >= 4 is 51.6 Å². The summed E-state index contributed by atoms with van der Waals surface area (Å²) < 4.78 is 0. The number of rotatable bonds is 7. The number of hydrogen-bond donors (Lipinski definition) is 4. The Morgan fingerprint density at radius 2 is 1.80 bits per heavy atom. The lowest BCUT2D eigenvalue weighted by Crippen LogP contribution is -2.21. The topological polar surface area (TPSA) is 108 Å². The lowest BCUT2D eigenvalue weighted by atomic mass is 10.2. The zero-order chi connectivity index (χ0) is 20.9. The van der Waals surface area contributed by atoms with Gasteiger partial charge in [-0.1, -0.05) is 36.7 Å². The van der Waals surface area contributed by atoms with E-state index in [1.807, 2.05) is 55.5 Å². The Morgan fingerprint density at radius 3 is 2.60 bits per heavy atom. The third kappa shape index (κ3) is 4.49. The molecule has 30 heavy (non-hydrogen) atoms. The molecule has 152 valence electrons. The van der Waals surface area contributed by atoms with Crippen LogP contribution in [0.2, 0.25) is 5.02 Å². The first-order chi connectivity index (χ1) is 14.6. The fourth-order valence-corrected chi connectivity index (χ4v) is 3.16. The fourth-order valence-electron chi connectivity index (χ4n) is 2.97. The molecular formula is C21H20ClN7O. The Bertz CT molecular complexity index is 1190. The summed E-state index contributed by atoms with van der Waals surface area (Å²) in [4.78, 5) is 20.1. The van der Waals surface area contributed by atoms with Crippen molar-refractivity contribution in [1.29, 1.82) is 0 Å². The zero-order valence-corrected chi connectivity index (χ0v) is 17.0. The smallest absolute Gasteiger partial charge is 0.219 e. The summed E-state index contributed by atoms with van der Waals surface area (Å²) in [7, 11) is 0. The van der Waals surface area contributed by atoms with Gasteiger partial charge in [0.05, 0.1) is 0 Å². The van der Waals surface area contributed by atoms with Gasteiger partial charge in [-0.05, 0) is 35.9 Å². The van der Waals surface area contributed by atoms with Crippen molar-refractivity contribution in [2.75, 3.05) is 10.6 Å². The van der Waals surface area contributed by atoms with E-state index < -0.39 is 0 Å². The SMILES string of the molecule is CCC(=O)NCc1cccc(Nc2n[nH]c3ncnc(Nc4cccc(Cl)c4)c23)c1. The van der Waals surface area contributed by atoms with Crippen molar-refractivity contribution in [3.05, 3.63) is 65.4 Å². The van der Waals surface area contributed by atoms with Crippen LogP contribution in [0, 0.1) is 0 Å². The van der Waals surface area contributed by atoms with Crippen LogP contribution in [0.25, 0.3) is 11.0 Å². The zero-order valence-electron chi connectivity index (χ0n) is 16.2. The van der Waals surface area contributed by atoms with Crippen LogP contribution >= 0.6 is 11.6 Å². The number of benzene rings is 2. The van der Waals surface area contributed by atoms with Crippen molar-refractivity contribution in [2.45, 2.75) is 19.9 Å². The number of fused-ring (bicyclic) bond motifs is 1. The Morgan fingerprint density at radius 1 is 1.03 bits per heavy atom. The average Bonchev–Trinajstić information content (AvgIpc) is 3.16. The summed E-state index contributed by atoms with van der Waals surface area (Å²) >= 11 is 6.09. The first-order valence-corrected chi connectivity index (χ1v) is 9.84. The van der Waals surface area contributed by atoms with E-state index in [4.69, 9.17) is 11.6 Å². The monoisotopic (exact) mass is 421 g/mol. The number of aromatic nitrogens is 4. The van der Waals surface area contributed by atoms with Crippen molar-refractivity contribution in [1.82, 2.24) is 25.5 Å². The summed E-state index contributed by atoms with van der Waals surface area (Å²) in [6, 6.07) is 15.2. The third-order valence-electron chi connectivity index (χ3n) is 4.45. The molecular weight excluding hydrogens is 402 g/mol. The normalized spacial score (nSPS) is 10.7. The number of carbonyl (C=O) groups excluding carboxylic acids is 1. The molecule has 0 spiro atoms. The number of amides is 1. The number of nitrogens with one attached hydrogen (secondary N) is 4. The molecule has 2 aromatic heterocycles. The number of halogens is 1. The van der Waals surface area contributed by atoms with E-state index >= 15 is 0 Å². The molecule has 2 aromatic carbocycles. The maximum Gasteiger partial charge on any atom is 0.219 e. The number of nitrogens with zero attached hydrogens (tertiary/aromatic N) is 3. The highest BCUT2D eigenvalue weighted by atomic mass is 35.5. The van der Waals surface area contributed by atoms with Crippen molar-refractivity contribution in [3.8, 4) is 0 Å². The van der Waals surface area contributed by atoms with Crippen LogP contribution in [0.3, 0.4) is 0 Å². The first-order valence-electron chi connectivity index (χ1n) is 9.46. The van der Waals surface area contributed by atoms with Gasteiger partial charge in [-0.25, -0.2) is 9.97 Å². The molecule has 0 aliphatic carbocycles. The van der Waals surface area contributed by atoms with Gasteiger partial charge < -0.3 is 16.0 Å². The molecule has 0 fully saturated rings. The van der Waals surface area contributed by atoms with Gasteiger partial charge >= 0.3 is 0 Å². The predicted octanol–water partition coefficient (Wildman–Crippen LogP) is 4.52. The van der Waals surface area contributed by atoms with Gasteiger partial charge in [0.2, 0.25) is 5.91 Å². The molecule has 0 unspecified atom stereocenters. The van der Waals surface area contributed by atoms with Gasteiger partial charge in [0, 0.05) is 29.4 Å². The minimum atomic E-state index is 0.0144. The second-order valence-electron chi connectivity index (χ2n) is 6.61. The van der Waals surface area contributed by atoms with Crippen LogP contribution < -0.4 is 16.0 Å². The van der Waals surface area contributed by atoms with Crippen molar-refractivity contribution in [2.24, 2.45) is 0 Å². The summed E-state index contributed by atoms with van der Waals surface area (Å²) in [5.41, 5.74) is 3.23. The molecule has 0 saturated carbocycles. The number of aromatic amines is 1. The molecule has 4 N–H and O–H groups in total. The summed E-state index contributed by atoms with van der Waals surface area (Å²) in [5, 5.41) is 18.1. The van der Waals surface area contributed by atoms with Gasteiger partial charge in [-0.15, -0.1) is 0 Å². The lowest BCUT2D eigenvalue weighted by molar-refractivity contribution is -0.120. The Labute approximate surface area is 178 Å². The summed E-state index contributed by atoms with van der Waals surface area (Å²) in [6.07, 6.45) is 1.92. The molecule has 1 amide bonds. The Balaban J connectivity index is 1.60. The van der Waals surface area contributed by atoms with E-state index in [1.54, 1.807) is 0 Å². The fraction of sp³-hybridized carbons (Fsp3) is 0.143. The molecule has 8 nitrogen and oxygen atoms in total. The minimum Gasteiger partial charge on any atom is -0.352 e. The number of anilines is 4. The molecule has 0 bridgehead atoms. The molecule has 0 aliphatic rings. The molecule has 2 heterocycles. The number of carbonyl (C=O) groups is 1. The maximum atomic E-state index is 11.5. The third-order valence-corrected chi connectivity index (χ3v) is 4.68. The van der Waals surface area contributed by atoms with Crippen LogP contribution in [0.15, 0.2) is 54.9 Å². The van der Waals surface area contributed by atoms with Crippen LogP contribution in [0.5, 0.6) is 0 Å². The molecule has 0 aliphatic heterocycles. The molecule has 0 atom stereocenters. The second-order valence-corrected chi connectivity index (χ2v) is 7.05. The van der Waals surface area contributed by atoms with Crippen LogP contribution in [-0.2, 0) is 11.3 Å². The lowest BCUT2D eigenvalue weighted by Gasteiger charge is -2.10. The van der Waals surface area contributed by atoms with Gasteiger partial charge in [0.15, 0.2) is 11.5 Å². The van der Waals surface area contributed by atoms with E-state index in [0.29, 0.717) is 35.3 Å².